The van der Waals surface area contributed by atoms with E-state index in [1.54, 1.807) is 0 Å². The van der Waals surface area contributed by atoms with Gasteiger partial charge in [-0.25, -0.2) is 0 Å². The lowest BCUT2D eigenvalue weighted by molar-refractivity contribution is -0.133. The Hall–Kier alpha value is -0.710. The van der Waals surface area contributed by atoms with E-state index in [1.165, 1.54) is 32.1 Å². The van der Waals surface area contributed by atoms with Gasteiger partial charge < -0.3 is 10.4 Å². The molecule has 4 nitrogen and oxygen atoms in total. The molecular weight excluding hydrogens is 238 g/mol. The van der Waals surface area contributed by atoms with Crippen molar-refractivity contribution in [2.75, 3.05) is 11.5 Å². The second kappa shape index (κ2) is 8.39. The van der Waals surface area contributed by atoms with Crippen molar-refractivity contribution in [1.29, 1.82) is 0 Å². The van der Waals surface area contributed by atoms with Gasteiger partial charge in [-0.2, -0.15) is 0 Å². The van der Waals surface area contributed by atoms with E-state index in [0.717, 1.165) is 24.6 Å². The number of aliphatic carboxylic acids is 1. The summed E-state index contributed by atoms with van der Waals surface area (Å²) in [6.07, 6.45) is 8.35. The highest BCUT2D eigenvalue weighted by Crippen LogP contribution is 2.17. The van der Waals surface area contributed by atoms with E-state index < -0.39 is 5.97 Å². The summed E-state index contributed by atoms with van der Waals surface area (Å²) in [5.41, 5.74) is 0. The fourth-order valence-corrected chi connectivity index (χ4v) is 2.65. The van der Waals surface area contributed by atoms with Gasteiger partial charge in [0, 0.05) is 6.04 Å². The third-order valence-electron chi connectivity index (χ3n) is 2.93. The third-order valence-corrected chi connectivity index (χ3v) is 3.85. The minimum atomic E-state index is -0.867. The van der Waals surface area contributed by atoms with Crippen molar-refractivity contribution in [1.82, 2.24) is 5.32 Å². The van der Waals surface area contributed by atoms with Crippen LogP contribution in [-0.2, 0) is 9.59 Å². The Kier molecular flexibility index (Phi) is 7.08. The summed E-state index contributed by atoms with van der Waals surface area (Å²) in [6, 6.07) is 0.299. The Balaban J connectivity index is 2.16. The summed E-state index contributed by atoms with van der Waals surface area (Å²) >= 11 is 1.16. The van der Waals surface area contributed by atoms with Crippen LogP contribution < -0.4 is 5.32 Å². The van der Waals surface area contributed by atoms with Crippen molar-refractivity contribution in [2.45, 2.75) is 51.0 Å². The smallest absolute Gasteiger partial charge is 0.313 e. The minimum absolute atomic E-state index is 0.00190. The maximum absolute atomic E-state index is 11.6. The minimum Gasteiger partial charge on any atom is -0.481 e. The van der Waals surface area contributed by atoms with E-state index in [-0.39, 0.29) is 17.4 Å². The molecule has 0 aliphatic heterocycles. The number of nitrogens with one attached hydrogen (secondary N) is 1. The highest BCUT2D eigenvalue weighted by atomic mass is 32.2. The highest BCUT2D eigenvalue weighted by Gasteiger charge is 2.14. The first-order valence-electron chi connectivity index (χ1n) is 6.27. The van der Waals surface area contributed by atoms with E-state index in [1.807, 2.05) is 0 Å². The van der Waals surface area contributed by atoms with Crippen LogP contribution in [0.1, 0.15) is 44.9 Å². The van der Waals surface area contributed by atoms with Gasteiger partial charge >= 0.3 is 5.97 Å². The molecule has 0 unspecified atom stereocenters. The third kappa shape index (κ3) is 7.26. The van der Waals surface area contributed by atoms with E-state index in [2.05, 4.69) is 5.32 Å². The van der Waals surface area contributed by atoms with Crippen LogP contribution in [0.2, 0.25) is 0 Å². The Labute approximate surface area is 107 Å². The Morgan fingerprint density at radius 2 is 1.65 bits per heavy atom. The maximum atomic E-state index is 11.6. The zero-order valence-electron chi connectivity index (χ0n) is 10.1. The molecule has 1 saturated carbocycles. The Morgan fingerprint density at radius 1 is 1.06 bits per heavy atom. The zero-order valence-corrected chi connectivity index (χ0v) is 10.9. The molecule has 1 fully saturated rings. The van der Waals surface area contributed by atoms with Gasteiger partial charge in [-0.1, -0.05) is 32.1 Å². The van der Waals surface area contributed by atoms with Crippen LogP contribution in [0.5, 0.6) is 0 Å². The summed E-state index contributed by atoms with van der Waals surface area (Å²) in [7, 11) is 0. The largest absolute Gasteiger partial charge is 0.481 e. The van der Waals surface area contributed by atoms with Crippen LogP contribution in [0, 0.1) is 0 Å². The summed E-state index contributed by atoms with van der Waals surface area (Å²) < 4.78 is 0. The first kappa shape index (κ1) is 14.4. The molecule has 5 heteroatoms. The van der Waals surface area contributed by atoms with Crippen molar-refractivity contribution >= 4 is 23.6 Å². The number of carboxylic acids is 1. The lowest BCUT2D eigenvalue weighted by Crippen LogP contribution is -2.36. The number of hydrogen-bond acceptors (Lipinski definition) is 3. The lowest BCUT2D eigenvalue weighted by atomic mass is 9.97. The summed E-state index contributed by atoms with van der Waals surface area (Å²) in [4.78, 5) is 21.9. The first-order valence-corrected chi connectivity index (χ1v) is 7.43. The predicted molar refractivity (Wildman–Crippen MR) is 69.2 cm³/mol. The van der Waals surface area contributed by atoms with Gasteiger partial charge in [0.15, 0.2) is 0 Å². The van der Waals surface area contributed by atoms with Crippen LogP contribution in [0.15, 0.2) is 0 Å². The predicted octanol–water partition coefficient (Wildman–Crippen LogP) is 2.03. The quantitative estimate of drug-likeness (QED) is 0.793. The van der Waals surface area contributed by atoms with Crippen molar-refractivity contribution in [3.63, 3.8) is 0 Å². The number of rotatable bonds is 5. The van der Waals surface area contributed by atoms with E-state index in [0.29, 0.717) is 6.04 Å². The van der Waals surface area contributed by atoms with Gasteiger partial charge in [-0.05, 0) is 12.8 Å². The number of hydrogen-bond donors (Lipinski definition) is 2. The van der Waals surface area contributed by atoms with Crippen molar-refractivity contribution in [3.05, 3.63) is 0 Å². The lowest BCUT2D eigenvalue weighted by Gasteiger charge is -2.20. The molecule has 0 atom stereocenters. The molecule has 98 valence electrons. The second-order valence-electron chi connectivity index (χ2n) is 4.50. The molecule has 0 aromatic heterocycles. The van der Waals surface area contributed by atoms with Crippen molar-refractivity contribution in [2.24, 2.45) is 0 Å². The van der Waals surface area contributed by atoms with E-state index >= 15 is 0 Å². The van der Waals surface area contributed by atoms with Crippen LogP contribution in [-0.4, -0.2) is 34.5 Å². The summed E-state index contributed by atoms with van der Waals surface area (Å²) in [5.74, 6) is -0.642. The van der Waals surface area contributed by atoms with Crippen LogP contribution >= 0.6 is 11.8 Å². The Morgan fingerprint density at radius 3 is 2.24 bits per heavy atom. The standard InChI is InChI=1S/C12H21NO3S/c14-11(8-17-9-12(15)16)13-10-6-4-2-1-3-5-7-10/h10H,1-9H2,(H,13,14)(H,15,16). The first-order chi connectivity index (χ1) is 8.18. The van der Waals surface area contributed by atoms with E-state index in [4.69, 9.17) is 5.11 Å². The normalized spacial score (nSPS) is 18.1. The zero-order chi connectivity index (χ0) is 12.5. The van der Waals surface area contributed by atoms with Crippen LogP contribution in [0.25, 0.3) is 0 Å². The maximum Gasteiger partial charge on any atom is 0.313 e. The summed E-state index contributed by atoms with van der Waals surface area (Å²) in [6.45, 7) is 0. The number of amides is 1. The molecule has 2 N–H and O–H groups in total. The highest BCUT2D eigenvalue weighted by molar-refractivity contribution is 8.00. The SMILES string of the molecule is O=C(O)CSCC(=O)NC1CCCCCCC1. The average molecular weight is 259 g/mol. The van der Waals surface area contributed by atoms with Gasteiger partial charge in [0.25, 0.3) is 0 Å². The van der Waals surface area contributed by atoms with Gasteiger partial charge in [0.05, 0.1) is 11.5 Å². The molecule has 0 aromatic carbocycles. The summed E-state index contributed by atoms with van der Waals surface area (Å²) in [5, 5.41) is 11.5. The molecule has 0 bridgehead atoms. The fraction of sp³-hybridized carbons (Fsp3) is 0.833. The monoisotopic (exact) mass is 259 g/mol. The van der Waals surface area contributed by atoms with Gasteiger partial charge in [-0.3, -0.25) is 9.59 Å². The second-order valence-corrected chi connectivity index (χ2v) is 5.48. The molecule has 1 aliphatic carbocycles. The number of carboxylic acid groups (broad SMARTS) is 1. The fourth-order valence-electron chi connectivity index (χ4n) is 2.10. The average Bonchev–Trinajstić information content (AvgIpc) is 2.21. The molecule has 0 saturated heterocycles. The number of carbonyl (C=O) groups is 2. The molecular formula is C12H21NO3S. The molecule has 1 aliphatic rings. The molecule has 1 amide bonds. The molecule has 0 radical (unpaired) electrons. The van der Waals surface area contributed by atoms with Gasteiger partial charge in [0.2, 0.25) is 5.91 Å². The van der Waals surface area contributed by atoms with Crippen molar-refractivity contribution < 1.29 is 14.7 Å². The van der Waals surface area contributed by atoms with Gasteiger partial charge in [0.1, 0.15) is 0 Å². The van der Waals surface area contributed by atoms with Gasteiger partial charge in [-0.15, -0.1) is 11.8 Å². The molecule has 0 aromatic rings. The number of thioether (sulfide) groups is 1. The molecule has 1 rings (SSSR count). The topological polar surface area (TPSA) is 66.4 Å². The van der Waals surface area contributed by atoms with E-state index in [9.17, 15) is 9.59 Å². The molecule has 0 heterocycles. The van der Waals surface area contributed by atoms with Crippen LogP contribution in [0.4, 0.5) is 0 Å². The number of carbonyl (C=O) groups excluding carboxylic acids is 1. The van der Waals surface area contributed by atoms with Crippen molar-refractivity contribution in [3.8, 4) is 0 Å². The molecule has 0 spiro atoms. The Bertz CT molecular complexity index is 250. The molecule has 17 heavy (non-hydrogen) atoms. The van der Waals surface area contributed by atoms with Crippen LogP contribution in [0.3, 0.4) is 0 Å².